The van der Waals surface area contributed by atoms with Crippen molar-refractivity contribution in [1.29, 1.82) is 0 Å². The van der Waals surface area contributed by atoms with Crippen LogP contribution >= 0.6 is 0 Å². The van der Waals surface area contributed by atoms with Crippen LogP contribution in [-0.4, -0.2) is 200 Å². The number of amides is 5. The average molecular weight is 849 g/mol. The Balaban J connectivity index is 1.51. The lowest BCUT2D eigenvalue weighted by Crippen LogP contribution is -2.52. The normalized spacial score (nSPS) is 15.6. The Labute approximate surface area is 344 Å². The molecule has 60 heavy (non-hydrogen) atoms. The molecular weight excluding hydrogens is 792 g/mol. The minimum atomic E-state index is -2.14. The first-order valence-corrected chi connectivity index (χ1v) is 19.3. The van der Waals surface area contributed by atoms with Gasteiger partial charge in [-0.15, -0.1) is 0 Å². The molecule has 0 saturated heterocycles. The molecule has 3 rings (SSSR count). The van der Waals surface area contributed by atoms with Gasteiger partial charge in [-0.25, -0.2) is 0 Å². The molecule has 0 spiro atoms. The molecule has 0 heterocycles. The highest BCUT2D eigenvalue weighted by Gasteiger charge is 2.35. The number of aliphatic hydroxyl groups is 10. The third-order valence-corrected chi connectivity index (χ3v) is 9.53. The van der Waals surface area contributed by atoms with Gasteiger partial charge in [0, 0.05) is 70.8 Å². The lowest BCUT2D eigenvalue weighted by atomic mass is 10.0. The van der Waals surface area contributed by atoms with E-state index in [9.17, 15) is 64.8 Å². The molecule has 0 saturated carbocycles. The van der Waals surface area contributed by atoms with Crippen molar-refractivity contribution in [3.8, 4) is 0 Å². The van der Waals surface area contributed by atoms with Crippen LogP contribution in [0.4, 0.5) is 0 Å². The van der Waals surface area contributed by atoms with Crippen LogP contribution in [0, 0.1) is 0 Å². The highest BCUT2D eigenvalue weighted by molar-refractivity contribution is 6.03. The van der Waals surface area contributed by atoms with Crippen molar-refractivity contribution in [2.75, 3.05) is 65.6 Å². The maximum atomic E-state index is 13.1. The molecule has 0 aliphatic carbocycles. The Bertz CT molecular complexity index is 1810. The van der Waals surface area contributed by atoms with Crippen molar-refractivity contribution in [2.45, 2.75) is 61.7 Å². The fraction of sp³-hybridized carbons (Fsp3) is 0.513. The predicted molar refractivity (Wildman–Crippen MR) is 214 cm³/mol. The smallest absolute Gasteiger partial charge is 0.251 e. The molecule has 8 atom stereocenters. The maximum Gasteiger partial charge on any atom is 0.251 e. The fourth-order valence-corrected chi connectivity index (χ4v) is 5.88. The number of nitrogens with zero attached hydrogens (tertiary/aromatic N) is 1. The molecule has 3 aromatic rings. The fourth-order valence-electron chi connectivity index (χ4n) is 5.88. The second kappa shape index (κ2) is 25.0. The molecule has 0 aliphatic rings. The third-order valence-electron chi connectivity index (χ3n) is 9.53. The summed E-state index contributed by atoms with van der Waals surface area (Å²) in [4.78, 5) is 64.4. The van der Waals surface area contributed by atoms with E-state index >= 15 is 0 Å². The Kier molecular flexibility index (Phi) is 20.6. The number of benzene rings is 3. The molecule has 21 heteroatoms. The van der Waals surface area contributed by atoms with Crippen molar-refractivity contribution in [3.63, 3.8) is 0 Å². The number of nitrogens with one attached hydrogen (secondary N) is 5. The van der Waals surface area contributed by atoms with Crippen LogP contribution < -0.4 is 26.6 Å². The number of aliphatic hydroxyl groups excluding tert-OH is 10. The van der Waals surface area contributed by atoms with Gasteiger partial charge >= 0.3 is 0 Å². The highest BCUT2D eigenvalue weighted by atomic mass is 16.4. The zero-order valence-electron chi connectivity index (χ0n) is 32.8. The number of hydrogen-bond acceptors (Lipinski definition) is 16. The van der Waals surface area contributed by atoms with E-state index in [4.69, 9.17) is 10.2 Å². The van der Waals surface area contributed by atoms with E-state index in [1.54, 1.807) is 17.0 Å². The van der Waals surface area contributed by atoms with Crippen molar-refractivity contribution in [2.24, 2.45) is 0 Å². The van der Waals surface area contributed by atoms with E-state index in [1.165, 1.54) is 0 Å². The largest absolute Gasteiger partial charge is 0.394 e. The van der Waals surface area contributed by atoms with Crippen molar-refractivity contribution >= 4 is 51.1 Å². The molecule has 15 N–H and O–H groups in total. The second-order valence-corrected chi connectivity index (χ2v) is 14.0. The summed E-state index contributed by atoms with van der Waals surface area (Å²) >= 11 is 0. The van der Waals surface area contributed by atoms with Crippen LogP contribution in [0.3, 0.4) is 0 Å². The number of rotatable bonds is 26. The molecule has 0 aromatic heterocycles. The third kappa shape index (κ3) is 15.3. The standard InChI is InChI=1S/C39H56N6O15/c46-20-27(48)31(52)33(54)35(56)38(59)42-11-9-40-29(50)7-14-45(15-8-30(51)41-10-12-43-39(60)36(57)34(55)32(53)28(49)21-47)16-13-44-37(58)25-6-5-24-17-22-3-1-2-4-23(22)18-26(24)19-25/h1-6,17-19,27-28,31-36,46-49,52-57H,7-16,20-21H2,(H,40,50)(H,41,51)(H,42,59)(H,43,60)(H,44,58). The Morgan fingerprint density at radius 3 is 1.38 bits per heavy atom. The van der Waals surface area contributed by atoms with Gasteiger partial charge < -0.3 is 82.5 Å². The van der Waals surface area contributed by atoms with Crippen molar-refractivity contribution in [3.05, 3.63) is 60.2 Å². The van der Waals surface area contributed by atoms with E-state index in [1.807, 2.05) is 42.5 Å². The Morgan fingerprint density at radius 1 is 0.483 bits per heavy atom. The molecule has 0 bridgehead atoms. The molecule has 0 fully saturated rings. The van der Waals surface area contributed by atoms with Gasteiger partial charge in [0.15, 0.2) is 12.2 Å². The Hall–Kier alpha value is -4.91. The molecular formula is C39H56N6O15. The molecule has 0 aliphatic heterocycles. The van der Waals surface area contributed by atoms with Gasteiger partial charge in [-0.3, -0.25) is 24.0 Å². The van der Waals surface area contributed by atoms with Gasteiger partial charge in [-0.05, 0) is 45.8 Å². The number of carbonyl (C=O) groups excluding carboxylic acids is 5. The minimum absolute atomic E-state index is 0.0705. The molecule has 21 nitrogen and oxygen atoms in total. The van der Waals surface area contributed by atoms with Crippen LogP contribution in [0.15, 0.2) is 54.6 Å². The zero-order valence-corrected chi connectivity index (χ0v) is 32.8. The van der Waals surface area contributed by atoms with E-state index in [0.29, 0.717) is 5.56 Å². The van der Waals surface area contributed by atoms with Crippen molar-refractivity contribution in [1.82, 2.24) is 31.5 Å². The van der Waals surface area contributed by atoms with Gasteiger partial charge in [0.1, 0.15) is 36.6 Å². The predicted octanol–water partition coefficient (Wildman–Crippen LogP) is -5.86. The summed E-state index contributed by atoms with van der Waals surface area (Å²) in [6, 6.07) is 17.3. The molecule has 5 amide bonds. The summed E-state index contributed by atoms with van der Waals surface area (Å²) in [7, 11) is 0. The first kappa shape index (κ1) is 49.5. The van der Waals surface area contributed by atoms with Crippen LogP contribution in [0.1, 0.15) is 23.2 Å². The van der Waals surface area contributed by atoms with Crippen LogP contribution in [0.25, 0.3) is 21.5 Å². The molecule has 8 unspecified atom stereocenters. The van der Waals surface area contributed by atoms with Crippen LogP contribution in [-0.2, 0) is 19.2 Å². The molecule has 332 valence electrons. The summed E-state index contributed by atoms with van der Waals surface area (Å²) < 4.78 is 0. The summed E-state index contributed by atoms with van der Waals surface area (Å²) in [6.45, 7) is -1.74. The van der Waals surface area contributed by atoms with E-state index in [0.717, 1.165) is 21.5 Å². The van der Waals surface area contributed by atoms with Crippen molar-refractivity contribution < 1.29 is 75.0 Å². The first-order chi connectivity index (χ1) is 28.6. The summed E-state index contributed by atoms with van der Waals surface area (Å²) in [5.74, 6) is -3.43. The number of carbonyl (C=O) groups is 5. The summed E-state index contributed by atoms with van der Waals surface area (Å²) in [5.41, 5.74) is 0.434. The highest BCUT2D eigenvalue weighted by Crippen LogP contribution is 2.24. The van der Waals surface area contributed by atoms with E-state index < -0.39 is 85.7 Å². The summed E-state index contributed by atoms with van der Waals surface area (Å²) in [6.07, 6.45) is -16.2. The SMILES string of the molecule is O=C(CCN(CCNC(=O)c1ccc2cc3ccccc3cc2c1)CCC(=O)NCCNC(=O)C(O)C(O)C(O)C(O)CO)NCCNC(=O)C(O)C(O)C(O)C(O)CO. The van der Waals surface area contributed by atoms with E-state index in [-0.39, 0.29) is 71.1 Å². The topological polar surface area (TPSA) is 351 Å². The molecule has 0 radical (unpaired) electrons. The minimum Gasteiger partial charge on any atom is -0.394 e. The number of hydrogen-bond donors (Lipinski definition) is 15. The average Bonchev–Trinajstić information content (AvgIpc) is 3.26. The maximum absolute atomic E-state index is 13.1. The monoisotopic (exact) mass is 848 g/mol. The number of fused-ring (bicyclic) bond motifs is 2. The van der Waals surface area contributed by atoms with Gasteiger partial charge in [0.05, 0.1) is 13.2 Å². The van der Waals surface area contributed by atoms with Crippen LogP contribution in [0.5, 0.6) is 0 Å². The van der Waals surface area contributed by atoms with Gasteiger partial charge in [-0.1, -0.05) is 30.3 Å². The van der Waals surface area contributed by atoms with Gasteiger partial charge in [-0.2, -0.15) is 0 Å². The Morgan fingerprint density at radius 2 is 0.917 bits per heavy atom. The first-order valence-electron chi connectivity index (χ1n) is 19.3. The lowest BCUT2D eigenvalue weighted by Gasteiger charge is -2.25. The quantitative estimate of drug-likeness (QED) is 0.0264. The second-order valence-electron chi connectivity index (χ2n) is 14.0. The van der Waals surface area contributed by atoms with E-state index in [2.05, 4.69) is 26.6 Å². The van der Waals surface area contributed by atoms with Gasteiger partial charge in [0.2, 0.25) is 11.8 Å². The zero-order chi connectivity index (χ0) is 44.4. The summed E-state index contributed by atoms with van der Waals surface area (Å²) in [5, 5.41) is 112. The van der Waals surface area contributed by atoms with Gasteiger partial charge in [0.25, 0.3) is 17.7 Å². The van der Waals surface area contributed by atoms with Crippen LogP contribution in [0.2, 0.25) is 0 Å². The lowest BCUT2D eigenvalue weighted by molar-refractivity contribution is -0.149. The molecule has 3 aromatic carbocycles.